The molecule has 1 heterocycles. The van der Waals surface area contributed by atoms with E-state index < -0.39 is 8.07 Å². The van der Waals surface area contributed by atoms with Crippen LogP contribution in [-0.4, -0.2) is 21.0 Å². The Morgan fingerprint density at radius 3 is 2.60 bits per heavy atom. The molecule has 25 heavy (non-hydrogen) atoms. The number of hydrogen-bond acceptors (Lipinski definition) is 3. The number of halogens is 1. The van der Waals surface area contributed by atoms with E-state index in [0.29, 0.717) is 33.9 Å². The van der Waals surface area contributed by atoms with Gasteiger partial charge in [-0.25, -0.2) is 4.39 Å². The van der Waals surface area contributed by atoms with Crippen LogP contribution in [0.15, 0.2) is 30.3 Å². The second kappa shape index (κ2) is 6.38. The summed E-state index contributed by atoms with van der Waals surface area (Å²) in [7, 11) is -0.0120. The summed E-state index contributed by atoms with van der Waals surface area (Å²) in [4.78, 5) is 12.6. The highest BCUT2D eigenvalue weighted by atomic mass is 28.3. The summed E-state index contributed by atoms with van der Waals surface area (Å²) in [6, 6.07) is 7.59. The average Bonchev–Trinajstić information content (AvgIpc) is 2.67. The Morgan fingerprint density at radius 1 is 1.16 bits per heavy atom. The maximum absolute atomic E-state index is 13.5. The van der Waals surface area contributed by atoms with Gasteiger partial charge in [0.05, 0.1) is 18.2 Å². The minimum Gasteiger partial charge on any atom is -0.495 e. The third kappa shape index (κ3) is 3.75. The van der Waals surface area contributed by atoms with Crippen LogP contribution in [0, 0.1) is 17.3 Å². The van der Waals surface area contributed by atoms with Crippen molar-refractivity contribution in [2.24, 2.45) is 0 Å². The maximum Gasteiger partial charge on any atom is 0.171 e. The Hall–Kier alpha value is -2.58. The third-order valence-corrected chi connectivity index (χ3v) is 4.64. The molecule has 0 spiro atoms. The normalized spacial score (nSPS) is 12.9. The number of methoxy groups -OCH3 is 1. The number of ether oxygens (including phenoxy) is 2. The van der Waals surface area contributed by atoms with Crippen LogP contribution in [0.25, 0.3) is 0 Å². The Labute approximate surface area is 147 Å². The van der Waals surface area contributed by atoms with Crippen molar-refractivity contribution in [1.29, 1.82) is 0 Å². The molecule has 128 valence electrons. The van der Waals surface area contributed by atoms with Crippen molar-refractivity contribution in [1.82, 2.24) is 0 Å². The van der Waals surface area contributed by atoms with Crippen molar-refractivity contribution < 1.29 is 18.7 Å². The number of carbonyl (C=O) groups is 1. The molecule has 3 rings (SSSR count). The van der Waals surface area contributed by atoms with E-state index in [0.717, 1.165) is 0 Å². The summed E-state index contributed by atoms with van der Waals surface area (Å²) in [6.07, 6.45) is 0.0906. The highest BCUT2D eigenvalue weighted by molar-refractivity contribution is 6.83. The van der Waals surface area contributed by atoms with Gasteiger partial charge < -0.3 is 9.47 Å². The zero-order valence-corrected chi connectivity index (χ0v) is 15.7. The number of carbonyl (C=O) groups excluding carboxylic acids is 1. The van der Waals surface area contributed by atoms with E-state index in [4.69, 9.17) is 9.47 Å². The van der Waals surface area contributed by atoms with Crippen molar-refractivity contribution >= 4 is 13.9 Å². The Morgan fingerprint density at radius 2 is 1.92 bits per heavy atom. The lowest BCUT2D eigenvalue weighted by Crippen LogP contribution is -2.16. The molecule has 2 aromatic rings. The van der Waals surface area contributed by atoms with Crippen molar-refractivity contribution in [3.8, 4) is 28.7 Å². The van der Waals surface area contributed by atoms with Crippen LogP contribution in [0.4, 0.5) is 4.39 Å². The fourth-order valence-electron chi connectivity index (χ4n) is 2.56. The molecule has 0 saturated carbocycles. The van der Waals surface area contributed by atoms with Crippen LogP contribution in [0.1, 0.15) is 21.5 Å². The first-order chi connectivity index (χ1) is 11.8. The van der Waals surface area contributed by atoms with Crippen LogP contribution >= 0.6 is 0 Å². The van der Waals surface area contributed by atoms with Gasteiger partial charge in [-0.3, -0.25) is 4.79 Å². The lowest BCUT2D eigenvalue weighted by atomic mass is 10.0. The molecule has 2 aromatic carbocycles. The van der Waals surface area contributed by atoms with Gasteiger partial charge in [0.2, 0.25) is 0 Å². The van der Waals surface area contributed by atoms with Crippen LogP contribution < -0.4 is 9.47 Å². The molecule has 1 aliphatic rings. The molecule has 0 saturated heterocycles. The highest BCUT2D eigenvalue weighted by Crippen LogP contribution is 2.37. The molecule has 3 nitrogen and oxygen atoms in total. The van der Waals surface area contributed by atoms with Gasteiger partial charge in [-0.15, -0.1) is 5.54 Å². The smallest absolute Gasteiger partial charge is 0.171 e. The molecule has 0 N–H and O–H groups in total. The summed E-state index contributed by atoms with van der Waals surface area (Å²) in [5.41, 5.74) is 4.93. The topological polar surface area (TPSA) is 35.5 Å². The molecule has 0 aromatic heterocycles. The predicted molar refractivity (Wildman–Crippen MR) is 97.7 cm³/mol. The Kier molecular flexibility index (Phi) is 4.40. The third-order valence-electron chi connectivity index (χ3n) is 3.77. The van der Waals surface area contributed by atoms with Gasteiger partial charge in [0.1, 0.15) is 31.1 Å². The summed E-state index contributed by atoms with van der Waals surface area (Å²) in [5, 5.41) is 0. The van der Waals surface area contributed by atoms with Crippen molar-refractivity contribution in [2.75, 3.05) is 7.11 Å². The van der Waals surface area contributed by atoms with Crippen molar-refractivity contribution in [3.63, 3.8) is 0 Å². The van der Waals surface area contributed by atoms with Gasteiger partial charge in [-0.05, 0) is 24.3 Å². The molecule has 0 unspecified atom stereocenters. The van der Waals surface area contributed by atoms with Crippen LogP contribution in [-0.2, 0) is 6.42 Å². The number of Topliss-reactive ketones (excluding diaryl/α,β-unsaturated/α-hetero) is 1. The molecule has 0 fully saturated rings. The van der Waals surface area contributed by atoms with E-state index in [1.807, 2.05) is 0 Å². The van der Waals surface area contributed by atoms with Gasteiger partial charge >= 0.3 is 0 Å². The summed E-state index contributed by atoms with van der Waals surface area (Å²) in [6.45, 7) is 6.44. The number of ketones is 1. The molecule has 0 aliphatic carbocycles. The van der Waals surface area contributed by atoms with Gasteiger partial charge in [-0.1, -0.05) is 25.6 Å². The minimum atomic E-state index is -1.57. The quantitative estimate of drug-likeness (QED) is 0.555. The predicted octanol–water partition coefficient (Wildman–Crippen LogP) is 4.59. The summed E-state index contributed by atoms with van der Waals surface area (Å²) >= 11 is 0. The monoisotopic (exact) mass is 354 g/mol. The van der Waals surface area contributed by atoms with E-state index in [1.165, 1.54) is 12.1 Å². The Balaban J connectivity index is 2.12. The fourth-order valence-corrected chi connectivity index (χ4v) is 3.07. The fraction of sp³-hybridized carbons (Fsp3) is 0.250. The molecular weight excluding hydrogens is 335 g/mol. The van der Waals surface area contributed by atoms with Crippen molar-refractivity contribution in [2.45, 2.75) is 26.1 Å². The van der Waals surface area contributed by atoms with E-state index in [2.05, 4.69) is 31.1 Å². The summed E-state index contributed by atoms with van der Waals surface area (Å²) < 4.78 is 24.8. The first kappa shape index (κ1) is 17.2. The zero-order valence-electron chi connectivity index (χ0n) is 14.7. The van der Waals surface area contributed by atoms with Crippen LogP contribution in [0.5, 0.6) is 17.2 Å². The number of benzene rings is 2. The lowest BCUT2D eigenvalue weighted by molar-refractivity contribution is 0.0993. The van der Waals surface area contributed by atoms with Gasteiger partial charge in [0.25, 0.3) is 0 Å². The van der Waals surface area contributed by atoms with E-state index in [-0.39, 0.29) is 18.0 Å². The largest absolute Gasteiger partial charge is 0.495 e. The number of hydrogen-bond donors (Lipinski definition) is 0. The van der Waals surface area contributed by atoms with Gasteiger partial charge in [-0.2, -0.15) is 0 Å². The van der Waals surface area contributed by atoms with E-state index in [1.54, 1.807) is 25.3 Å². The van der Waals surface area contributed by atoms with Gasteiger partial charge in [0.15, 0.2) is 5.78 Å². The number of fused-ring (bicyclic) bond motifs is 2. The molecule has 1 aliphatic heterocycles. The zero-order chi connectivity index (χ0) is 18.2. The second-order valence-corrected chi connectivity index (χ2v) is 11.8. The molecule has 5 heteroatoms. The molecule has 0 radical (unpaired) electrons. The Bertz CT molecular complexity index is 917. The van der Waals surface area contributed by atoms with Crippen LogP contribution in [0.3, 0.4) is 0 Å². The first-order valence-electron chi connectivity index (χ1n) is 8.01. The van der Waals surface area contributed by atoms with Gasteiger partial charge in [0, 0.05) is 18.1 Å². The molecular formula is C20H19FO3Si. The lowest BCUT2D eigenvalue weighted by Gasteiger charge is -2.12. The minimum absolute atomic E-state index is 0.0906. The van der Waals surface area contributed by atoms with Crippen molar-refractivity contribution in [3.05, 3.63) is 52.8 Å². The SMILES string of the molecule is COc1cc2c(cc1C#C[Si](C)(C)C)C(=O)Cc1cc(F)ccc1O2. The molecule has 0 atom stereocenters. The first-order valence-corrected chi connectivity index (χ1v) is 11.5. The molecule has 0 amide bonds. The molecule has 0 bridgehead atoms. The van der Waals surface area contributed by atoms with Crippen LogP contribution in [0.2, 0.25) is 19.6 Å². The number of rotatable bonds is 1. The summed E-state index contributed by atoms with van der Waals surface area (Å²) in [5.74, 6) is 4.08. The van der Waals surface area contributed by atoms with E-state index in [9.17, 15) is 9.18 Å². The average molecular weight is 354 g/mol. The maximum atomic E-state index is 13.5. The second-order valence-electron chi connectivity index (χ2n) is 7.00. The standard InChI is InChI=1S/C20H19FO3Si/c1-23-19-12-20-16(10-13(19)7-8-25(2,3)4)17(22)11-14-9-15(21)5-6-18(14)24-20/h5-6,9-10,12H,11H2,1-4H3. The highest BCUT2D eigenvalue weighted by Gasteiger charge is 2.24. The van der Waals surface area contributed by atoms with E-state index >= 15 is 0 Å².